The smallest absolute Gasteiger partial charge is 0.223 e. The highest BCUT2D eigenvalue weighted by Gasteiger charge is 2.13. The van der Waals surface area contributed by atoms with Gasteiger partial charge in [0.1, 0.15) is 5.52 Å². The average molecular weight is 324 g/mol. The second-order valence-corrected chi connectivity index (χ2v) is 3.99. The first-order valence-corrected chi connectivity index (χ1v) is 5.44. The molecular weight excluding hydrogens is 316 g/mol. The maximum atomic E-state index is 5.89. The number of fused-ring (bicyclic) bond motifs is 1. The first-order chi connectivity index (χ1) is 6.63. The van der Waals surface area contributed by atoms with Crippen LogP contribution in [0.2, 0.25) is 5.15 Å². The maximum absolute atomic E-state index is 5.89. The number of hydrogen-bond acceptors (Lipinski definition) is 4. The molecule has 2 aromatic heterocycles. The van der Waals surface area contributed by atoms with Gasteiger partial charge >= 0.3 is 0 Å². The van der Waals surface area contributed by atoms with Crippen molar-refractivity contribution in [1.29, 1.82) is 0 Å². The molecule has 7 heteroatoms. The molecule has 0 aliphatic heterocycles. The zero-order valence-electron chi connectivity index (χ0n) is 7.33. The molecule has 0 saturated carbocycles. The van der Waals surface area contributed by atoms with Gasteiger partial charge in [0.2, 0.25) is 5.95 Å². The van der Waals surface area contributed by atoms with E-state index in [4.69, 9.17) is 17.3 Å². The Kier molecular flexibility index (Phi) is 2.48. The minimum atomic E-state index is 0.175. The summed E-state index contributed by atoms with van der Waals surface area (Å²) >= 11 is 8.02. The Hall–Kier alpha value is -0.630. The van der Waals surface area contributed by atoms with Crippen LogP contribution in [0.25, 0.3) is 11.2 Å². The van der Waals surface area contributed by atoms with Crippen molar-refractivity contribution in [2.24, 2.45) is 0 Å². The average Bonchev–Trinajstić information content (AvgIpc) is 2.41. The van der Waals surface area contributed by atoms with E-state index in [0.29, 0.717) is 16.3 Å². The van der Waals surface area contributed by atoms with Gasteiger partial charge in [-0.2, -0.15) is 9.97 Å². The van der Waals surface area contributed by atoms with Crippen molar-refractivity contribution >= 4 is 51.3 Å². The Morgan fingerprint density at radius 3 is 2.79 bits per heavy atom. The molecule has 0 aromatic carbocycles. The normalized spacial score (nSPS) is 11.1. The summed E-state index contributed by atoms with van der Waals surface area (Å²) < 4.78 is 2.77. The monoisotopic (exact) mass is 323 g/mol. The predicted molar refractivity (Wildman–Crippen MR) is 63.1 cm³/mol. The van der Waals surface area contributed by atoms with E-state index in [-0.39, 0.29) is 5.95 Å². The molecule has 2 heterocycles. The van der Waals surface area contributed by atoms with E-state index >= 15 is 0 Å². The van der Waals surface area contributed by atoms with E-state index in [1.165, 1.54) is 0 Å². The van der Waals surface area contributed by atoms with Crippen LogP contribution in [0.3, 0.4) is 0 Å². The highest BCUT2D eigenvalue weighted by molar-refractivity contribution is 14.1. The fourth-order valence-electron chi connectivity index (χ4n) is 1.24. The van der Waals surface area contributed by atoms with Crippen LogP contribution in [0, 0.1) is 3.83 Å². The third-order valence-corrected chi connectivity index (χ3v) is 2.93. The molecule has 0 unspecified atom stereocenters. The van der Waals surface area contributed by atoms with Crippen LogP contribution in [-0.4, -0.2) is 19.5 Å². The molecule has 0 radical (unpaired) electrons. The van der Waals surface area contributed by atoms with Crippen LogP contribution in [-0.2, 0) is 6.54 Å². The van der Waals surface area contributed by atoms with Gasteiger partial charge in [0.15, 0.2) is 14.6 Å². The summed E-state index contributed by atoms with van der Waals surface area (Å²) in [5, 5.41) is 0.303. The van der Waals surface area contributed by atoms with E-state index in [0.717, 1.165) is 10.4 Å². The molecule has 2 N–H and O–H groups in total. The van der Waals surface area contributed by atoms with Crippen LogP contribution in [0.15, 0.2) is 0 Å². The summed E-state index contributed by atoms with van der Waals surface area (Å²) in [6.07, 6.45) is 0. The van der Waals surface area contributed by atoms with Gasteiger partial charge in [-0.25, -0.2) is 4.98 Å². The van der Waals surface area contributed by atoms with Gasteiger partial charge in [0.25, 0.3) is 0 Å². The molecule has 0 atom stereocenters. The molecule has 0 bridgehead atoms. The number of aromatic nitrogens is 4. The van der Waals surface area contributed by atoms with Crippen molar-refractivity contribution in [1.82, 2.24) is 19.5 Å². The standard InChI is InChI=1S/C7H7ClIN5/c1-2-14-5-3(11-6(14)9)4(8)12-7(10)13-5/h2H2,1H3,(H2,10,12,13). The largest absolute Gasteiger partial charge is 0.368 e. The third kappa shape index (κ3) is 1.42. The Balaban J connectivity index is 2.87. The number of halogens is 2. The summed E-state index contributed by atoms with van der Waals surface area (Å²) in [7, 11) is 0. The highest BCUT2D eigenvalue weighted by atomic mass is 127. The van der Waals surface area contributed by atoms with Crippen LogP contribution in [0.5, 0.6) is 0 Å². The first-order valence-electron chi connectivity index (χ1n) is 3.98. The molecule has 2 aromatic rings. The van der Waals surface area contributed by atoms with Gasteiger partial charge in [0, 0.05) is 29.1 Å². The molecular formula is C7H7ClIN5. The number of rotatable bonds is 1. The number of imidazole rings is 1. The summed E-state index contributed by atoms with van der Waals surface area (Å²) in [6.45, 7) is 2.79. The van der Waals surface area contributed by atoms with E-state index < -0.39 is 0 Å². The quantitative estimate of drug-likeness (QED) is 0.492. The minimum absolute atomic E-state index is 0.175. The van der Waals surface area contributed by atoms with Crippen LogP contribution in [0.1, 0.15) is 6.92 Å². The zero-order valence-corrected chi connectivity index (χ0v) is 10.2. The molecule has 0 aliphatic carbocycles. The lowest BCUT2D eigenvalue weighted by Crippen LogP contribution is -2.01. The molecule has 0 spiro atoms. The Morgan fingerprint density at radius 2 is 2.14 bits per heavy atom. The van der Waals surface area contributed by atoms with Gasteiger partial charge < -0.3 is 10.3 Å². The van der Waals surface area contributed by atoms with Gasteiger partial charge in [-0.15, -0.1) is 0 Å². The molecule has 14 heavy (non-hydrogen) atoms. The SMILES string of the molecule is CCn1c(I)nc2c(Cl)nc(N)nc21. The molecule has 0 saturated heterocycles. The maximum Gasteiger partial charge on any atom is 0.223 e. The van der Waals surface area contributed by atoms with E-state index in [2.05, 4.69) is 37.5 Å². The minimum Gasteiger partial charge on any atom is -0.368 e. The number of nitrogens with zero attached hydrogens (tertiary/aromatic N) is 4. The highest BCUT2D eigenvalue weighted by Crippen LogP contribution is 2.22. The van der Waals surface area contributed by atoms with Gasteiger partial charge in [-0.05, 0) is 6.92 Å². The van der Waals surface area contributed by atoms with Crippen LogP contribution < -0.4 is 5.73 Å². The number of nitrogens with two attached hydrogens (primary N) is 1. The molecule has 2 rings (SSSR count). The van der Waals surface area contributed by atoms with Crippen molar-refractivity contribution in [3.63, 3.8) is 0 Å². The number of nitrogen functional groups attached to an aromatic ring is 1. The van der Waals surface area contributed by atoms with Gasteiger partial charge in [-0.3, -0.25) is 0 Å². The summed E-state index contributed by atoms with van der Waals surface area (Å²) in [5.74, 6) is 0.175. The topological polar surface area (TPSA) is 69.6 Å². The fraction of sp³-hybridized carbons (Fsp3) is 0.286. The molecule has 0 aliphatic rings. The molecule has 0 fully saturated rings. The summed E-state index contributed by atoms with van der Waals surface area (Å²) in [4.78, 5) is 12.2. The second-order valence-electron chi connectivity index (χ2n) is 2.67. The predicted octanol–water partition coefficient (Wildman–Crippen LogP) is 1.69. The second kappa shape index (κ2) is 3.50. The first kappa shape index (κ1) is 9.91. The van der Waals surface area contributed by atoms with Crippen molar-refractivity contribution in [2.75, 3.05) is 5.73 Å². The lowest BCUT2D eigenvalue weighted by molar-refractivity contribution is 0.754. The van der Waals surface area contributed by atoms with Crippen LogP contribution in [0.4, 0.5) is 5.95 Å². The summed E-state index contributed by atoms with van der Waals surface area (Å²) in [5.41, 5.74) is 6.80. The van der Waals surface area contributed by atoms with Crippen LogP contribution >= 0.6 is 34.2 Å². The lowest BCUT2D eigenvalue weighted by atomic mass is 10.5. The Bertz CT molecular complexity index is 494. The van der Waals surface area contributed by atoms with Gasteiger partial charge in [0.05, 0.1) is 0 Å². The van der Waals surface area contributed by atoms with Crippen molar-refractivity contribution < 1.29 is 0 Å². The van der Waals surface area contributed by atoms with Crippen molar-refractivity contribution in [3.8, 4) is 0 Å². The number of hydrogen-bond donors (Lipinski definition) is 1. The van der Waals surface area contributed by atoms with Gasteiger partial charge in [-0.1, -0.05) is 11.6 Å². The molecule has 0 amide bonds. The zero-order chi connectivity index (χ0) is 10.3. The van der Waals surface area contributed by atoms with E-state index in [1.807, 2.05) is 11.5 Å². The van der Waals surface area contributed by atoms with Crippen molar-refractivity contribution in [2.45, 2.75) is 13.5 Å². The fourth-order valence-corrected chi connectivity index (χ4v) is 2.26. The van der Waals surface area contributed by atoms with E-state index in [1.54, 1.807) is 0 Å². The van der Waals surface area contributed by atoms with E-state index in [9.17, 15) is 0 Å². The van der Waals surface area contributed by atoms with Crippen molar-refractivity contribution in [3.05, 3.63) is 8.98 Å². The lowest BCUT2D eigenvalue weighted by Gasteiger charge is -2.00. The Labute approximate surface area is 98.8 Å². The number of aryl methyl sites for hydroxylation is 1. The number of anilines is 1. The Morgan fingerprint density at radius 1 is 1.43 bits per heavy atom. The molecule has 5 nitrogen and oxygen atoms in total. The summed E-state index contributed by atoms with van der Waals surface area (Å²) in [6, 6.07) is 0. The molecule has 74 valence electrons. The third-order valence-electron chi connectivity index (χ3n) is 1.84.